The topological polar surface area (TPSA) is 72.3 Å². The van der Waals surface area contributed by atoms with E-state index in [9.17, 15) is 5.11 Å². The van der Waals surface area contributed by atoms with Gasteiger partial charge in [0.2, 0.25) is 0 Å². The highest BCUT2D eigenvalue weighted by molar-refractivity contribution is 9.10. The SMILES string of the molecule is CC(N)(O)c1ccc(Br)c(N)c1. The van der Waals surface area contributed by atoms with Gasteiger partial charge < -0.3 is 16.6 Å². The van der Waals surface area contributed by atoms with Gasteiger partial charge in [-0.05, 0) is 40.5 Å². The summed E-state index contributed by atoms with van der Waals surface area (Å²) in [4.78, 5) is 0. The second-order valence-electron chi connectivity index (χ2n) is 2.88. The Labute approximate surface area is 79.5 Å². The highest BCUT2D eigenvalue weighted by Crippen LogP contribution is 2.24. The van der Waals surface area contributed by atoms with E-state index in [2.05, 4.69) is 15.9 Å². The van der Waals surface area contributed by atoms with E-state index < -0.39 is 5.72 Å². The maximum Gasteiger partial charge on any atom is 0.136 e. The number of nitrogen functional groups attached to an aromatic ring is 1. The quantitative estimate of drug-likeness (QED) is 0.501. The Kier molecular flexibility index (Phi) is 2.41. The molecule has 12 heavy (non-hydrogen) atoms. The van der Waals surface area contributed by atoms with Crippen molar-refractivity contribution in [1.29, 1.82) is 0 Å². The third-order valence-corrected chi connectivity index (χ3v) is 2.30. The summed E-state index contributed by atoms with van der Waals surface area (Å²) in [5.41, 5.74) is 10.9. The Bertz CT molecular complexity index is 294. The molecule has 1 aromatic carbocycles. The number of anilines is 1. The molecule has 3 nitrogen and oxygen atoms in total. The summed E-state index contributed by atoms with van der Waals surface area (Å²) in [7, 11) is 0. The lowest BCUT2D eigenvalue weighted by atomic mass is 10.1. The second-order valence-corrected chi connectivity index (χ2v) is 3.74. The van der Waals surface area contributed by atoms with Gasteiger partial charge >= 0.3 is 0 Å². The fourth-order valence-electron chi connectivity index (χ4n) is 0.859. The molecule has 66 valence electrons. The van der Waals surface area contributed by atoms with Gasteiger partial charge in [-0.3, -0.25) is 0 Å². The standard InChI is InChI=1S/C8H11BrN2O/c1-8(11,12)5-2-3-6(9)7(10)4-5/h2-4,12H,10-11H2,1H3. The molecule has 4 heteroatoms. The molecule has 0 saturated carbocycles. The van der Waals surface area contributed by atoms with Crippen LogP contribution in [-0.4, -0.2) is 5.11 Å². The zero-order valence-corrected chi connectivity index (χ0v) is 8.30. The maximum absolute atomic E-state index is 9.41. The number of halogens is 1. The molecule has 0 saturated heterocycles. The monoisotopic (exact) mass is 230 g/mol. The smallest absolute Gasteiger partial charge is 0.136 e. The van der Waals surface area contributed by atoms with Crippen LogP contribution in [0.1, 0.15) is 12.5 Å². The van der Waals surface area contributed by atoms with Crippen molar-refractivity contribution in [1.82, 2.24) is 0 Å². The van der Waals surface area contributed by atoms with Crippen LogP contribution in [0.4, 0.5) is 5.69 Å². The molecule has 0 bridgehead atoms. The zero-order valence-electron chi connectivity index (χ0n) is 6.71. The van der Waals surface area contributed by atoms with E-state index in [1.165, 1.54) is 6.92 Å². The van der Waals surface area contributed by atoms with Crippen LogP contribution in [0.15, 0.2) is 22.7 Å². The summed E-state index contributed by atoms with van der Waals surface area (Å²) in [6.45, 7) is 1.51. The second kappa shape index (κ2) is 3.05. The minimum atomic E-state index is -1.32. The Morgan fingerprint density at radius 1 is 1.50 bits per heavy atom. The number of nitrogens with two attached hydrogens (primary N) is 2. The average molecular weight is 231 g/mol. The highest BCUT2D eigenvalue weighted by atomic mass is 79.9. The Hall–Kier alpha value is -0.580. The van der Waals surface area contributed by atoms with Crippen molar-refractivity contribution in [2.45, 2.75) is 12.6 Å². The first-order valence-corrected chi connectivity index (χ1v) is 4.27. The molecule has 1 unspecified atom stereocenters. The predicted molar refractivity (Wildman–Crippen MR) is 52.3 cm³/mol. The van der Waals surface area contributed by atoms with E-state index in [-0.39, 0.29) is 0 Å². The Balaban J connectivity index is 3.14. The molecular weight excluding hydrogens is 220 g/mol. The molecule has 0 fully saturated rings. The molecule has 1 atom stereocenters. The van der Waals surface area contributed by atoms with Crippen LogP contribution >= 0.6 is 15.9 Å². The van der Waals surface area contributed by atoms with E-state index in [0.29, 0.717) is 11.3 Å². The van der Waals surface area contributed by atoms with Crippen LogP contribution < -0.4 is 11.5 Å². The fraction of sp³-hybridized carbons (Fsp3) is 0.250. The lowest BCUT2D eigenvalue weighted by Gasteiger charge is -2.18. The Morgan fingerprint density at radius 2 is 2.08 bits per heavy atom. The van der Waals surface area contributed by atoms with Crippen molar-refractivity contribution in [2.24, 2.45) is 5.73 Å². The summed E-state index contributed by atoms with van der Waals surface area (Å²) in [5, 5.41) is 9.41. The molecule has 0 aliphatic carbocycles. The van der Waals surface area contributed by atoms with Crippen LogP contribution in [0.5, 0.6) is 0 Å². The summed E-state index contributed by atoms with van der Waals surface area (Å²) in [5.74, 6) is 0. The van der Waals surface area contributed by atoms with Crippen molar-refractivity contribution < 1.29 is 5.11 Å². The largest absolute Gasteiger partial charge is 0.398 e. The maximum atomic E-state index is 9.41. The van der Waals surface area contributed by atoms with Gasteiger partial charge in [0.15, 0.2) is 0 Å². The molecule has 5 N–H and O–H groups in total. The van der Waals surface area contributed by atoms with Gasteiger partial charge in [0.05, 0.1) is 0 Å². The lowest BCUT2D eigenvalue weighted by Crippen LogP contribution is -2.32. The van der Waals surface area contributed by atoms with Crippen LogP contribution in [0.3, 0.4) is 0 Å². The van der Waals surface area contributed by atoms with E-state index in [1.54, 1.807) is 18.2 Å². The van der Waals surface area contributed by atoms with Crippen molar-refractivity contribution in [2.75, 3.05) is 5.73 Å². The number of benzene rings is 1. The minimum Gasteiger partial charge on any atom is -0.398 e. The first-order chi connectivity index (χ1) is 5.41. The third-order valence-electron chi connectivity index (χ3n) is 1.58. The molecular formula is C8H11BrN2O. The van der Waals surface area contributed by atoms with Gasteiger partial charge in [0, 0.05) is 10.2 Å². The third kappa shape index (κ3) is 1.97. The van der Waals surface area contributed by atoms with Crippen molar-refractivity contribution in [3.63, 3.8) is 0 Å². The Morgan fingerprint density at radius 3 is 2.50 bits per heavy atom. The van der Waals surface area contributed by atoms with Crippen LogP contribution in [-0.2, 0) is 5.72 Å². The van der Waals surface area contributed by atoms with E-state index in [1.807, 2.05) is 0 Å². The molecule has 1 rings (SSSR count). The van der Waals surface area contributed by atoms with E-state index in [4.69, 9.17) is 11.5 Å². The number of hydrogen-bond acceptors (Lipinski definition) is 3. The predicted octanol–water partition coefficient (Wildman–Crippen LogP) is 1.16. The van der Waals surface area contributed by atoms with Crippen molar-refractivity contribution in [3.05, 3.63) is 28.2 Å². The van der Waals surface area contributed by atoms with Gasteiger partial charge in [0.25, 0.3) is 0 Å². The molecule has 0 aliphatic rings. The molecule has 0 spiro atoms. The highest BCUT2D eigenvalue weighted by Gasteiger charge is 2.16. The van der Waals surface area contributed by atoms with Gasteiger partial charge in [0.1, 0.15) is 5.72 Å². The number of hydrogen-bond donors (Lipinski definition) is 3. The number of rotatable bonds is 1. The first kappa shape index (κ1) is 9.51. The van der Waals surface area contributed by atoms with E-state index in [0.717, 1.165) is 4.47 Å². The van der Waals surface area contributed by atoms with Gasteiger partial charge in [-0.25, -0.2) is 0 Å². The van der Waals surface area contributed by atoms with E-state index >= 15 is 0 Å². The van der Waals surface area contributed by atoms with Crippen LogP contribution in [0, 0.1) is 0 Å². The summed E-state index contributed by atoms with van der Waals surface area (Å²) in [6.07, 6.45) is 0. The molecule has 0 amide bonds. The zero-order chi connectivity index (χ0) is 9.35. The van der Waals surface area contributed by atoms with Gasteiger partial charge in [-0.2, -0.15) is 0 Å². The van der Waals surface area contributed by atoms with Crippen molar-refractivity contribution in [3.8, 4) is 0 Å². The minimum absolute atomic E-state index is 0.568. The van der Waals surface area contributed by atoms with Gasteiger partial charge in [-0.1, -0.05) is 6.07 Å². The summed E-state index contributed by atoms with van der Waals surface area (Å²) in [6, 6.07) is 5.12. The fourth-order valence-corrected chi connectivity index (χ4v) is 1.11. The molecule has 0 aliphatic heterocycles. The van der Waals surface area contributed by atoms with Gasteiger partial charge in [-0.15, -0.1) is 0 Å². The summed E-state index contributed by atoms with van der Waals surface area (Å²) < 4.78 is 0.801. The molecule has 0 aromatic heterocycles. The van der Waals surface area contributed by atoms with Crippen LogP contribution in [0.25, 0.3) is 0 Å². The first-order valence-electron chi connectivity index (χ1n) is 3.48. The molecule has 0 radical (unpaired) electrons. The molecule has 0 heterocycles. The number of aliphatic hydroxyl groups is 1. The molecule has 1 aromatic rings. The van der Waals surface area contributed by atoms with Crippen LogP contribution in [0.2, 0.25) is 0 Å². The lowest BCUT2D eigenvalue weighted by molar-refractivity contribution is 0.0648. The average Bonchev–Trinajstić information content (AvgIpc) is 1.92. The normalized spacial score (nSPS) is 15.7. The summed E-state index contributed by atoms with van der Waals surface area (Å²) >= 11 is 3.25. The van der Waals surface area contributed by atoms with Crippen molar-refractivity contribution >= 4 is 21.6 Å².